The molecule has 0 amide bonds. The molecule has 0 fully saturated rings. The largest absolute Gasteiger partial charge is 0.375 e. The normalized spacial score (nSPS) is 14.8. The van der Waals surface area contributed by atoms with Crippen molar-refractivity contribution in [1.29, 1.82) is 0 Å². The van der Waals surface area contributed by atoms with Crippen molar-refractivity contribution in [2.45, 2.75) is 65.8 Å². The van der Waals surface area contributed by atoms with Crippen LogP contribution in [0.5, 0.6) is 0 Å². The summed E-state index contributed by atoms with van der Waals surface area (Å²) in [7, 11) is 3.81. The molecule has 0 spiro atoms. The predicted molar refractivity (Wildman–Crippen MR) is 162 cm³/mol. The molecule has 1 heterocycles. The second kappa shape index (κ2) is 12.1. The second-order valence-electron chi connectivity index (χ2n) is 10.7. The summed E-state index contributed by atoms with van der Waals surface area (Å²) in [6.45, 7) is 15.5. The zero-order valence-corrected chi connectivity index (χ0v) is 24.2. The molecule has 0 aliphatic carbocycles. The highest BCUT2D eigenvalue weighted by Gasteiger charge is 2.29. The zero-order valence-electron chi connectivity index (χ0n) is 24.2. The Kier molecular flexibility index (Phi) is 8.83. The molecule has 0 radical (unpaired) electrons. The predicted octanol–water partition coefficient (Wildman–Crippen LogP) is 7.60. The van der Waals surface area contributed by atoms with E-state index in [0.29, 0.717) is 0 Å². The van der Waals surface area contributed by atoms with Crippen LogP contribution in [0.3, 0.4) is 0 Å². The summed E-state index contributed by atoms with van der Waals surface area (Å²) in [5, 5.41) is 10.9. The molecule has 4 rings (SSSR count). The number of anilines is 2. The van der Waals surface area contributed by atoms with Crippen LogP contribution in [-0.4, -0.2) is 37.3 Å². The Hall–Kier alpha value is -3.24. The van der Waals surface area contributed by atoms with E-state index in [1.165, 1.54) is 44.6 Å². The highest BCUT2D eigenvalue weighted by molar-refractivity contribution is 5.69. The lowest BCUT2D eigenvalue weighted by molar-refractivity contribution is 0.268. The second-order valence-corrected chi connectivity index (χ2v) is 10.7. The van der Waals surface area contributed by atoms with E-state index >= 15 is 0 Å². The maximum atomic E-state index is 9.75. The number of benzene rings is 3. The number of fused-ring (bicyclic) bond motifs is 1. The number of hydrogen-bond donors (Lipinski definition) is 1. The smallest absolute Gasteiger partial charge is 0.0630 e. The first kappa shape index (κ1) is 27.8. The van der Waals surface area contributed by atoms with Gasteiger partial charge < -0.3 is 9.80 Å². The molecule has 38 heavy (non-hydrogen) atoms. The van der Waals surface area contributed by atoms with Gasteiger partial charge >= 0.3 is 0 Å². The molecule has 4 heteroatoms. The molecule has 202 valence electrons. The highest BCUT2D eigenvalue weighted by Crippen LogP contribution is 2.40. The number of aryl methyl sites for hydroxylation is 4. The van der Waals surface area contributed by atoms with Crippen LogP contribution in [0.1, 0.15) is 72.2 Å². The standard InChI is InChI=1S/C34H45N3O/c1-8-27-21-30-19-20-37(25(5)29-15-11-24(4)34(23-29)35(6)10-3)33(32(30)22-28(27)9-2)18-14-26-12-16-31(17-13-26)36(7)38/h11-13,15-17,21-23,33,38H,5,8-10,14,18-20H2,1-4,6-7H3. The molecule has 1 unspecified atom stereocenters. The van der Waals surface area contributed by atoms with Crippen molar-refractivity contribution >= 4 is 17.1 Å². The minimum atomic E-state index is 0.274. The van der Waals surface area contributed by atoms with Gasteiger partial charge in [-0.2, -0.15) is 0 Å². The van der Waals surface area contributed by atoms with Gasteiger partial charge in [-0.1, -0.05) is 56.8 Å². The first-order chi connectivity index (χ1) is 18.3. The zero-order chi connectivity index (χ0) is 27.4. The lowest BCUT2D eigenvalue weighted by Gasteiger charge is -2.41. The average molecular weight is 512 g/mol. The van der Waals surface area contributed by atoms with Gasteiger partial charge in [-0.05, 0) is 103 Å². The van der Waals surface area contributed by atoms with Crippen molar-refractivity contribution in [1.82, 2.24) is 4.90 Å². The first-order valence-corrected chi connectivity index (χ1v) is 14.2. The molecular formula is C34H45N3O. The van der Waals surface area contributed by atoms with E-state index in [1.54, 1.807) is 7.05 Å². The van der Waals surface area contributed by atoms with Crippen LogP contribution >= 0.6 is 0 Å². The third-order valence-electron chi connectivity index (χ3n) is 8.37. The molecule has 4 nitrogen and oxygen atoms in total. The Bertz CT molecular complexity index is 1260. The van der Waals surface area contributed by atoms with E-state index in [9.17, 15) is 5.21 Å². The topological polar surface area (TPSA) is 30.0 Å². The summed E-state index contributed by atoms with van der Waals surface area (Å²) in [5.74, 6) is 0. The van der Waals surface area contributed by atoms with Crippen LogP contribution in [0.25, 0.3) is 5.70 Å². The van der Waals surface area contributed by atoms with E-state index in [2.05, 4.69) is 93.6 Å². The molecule has 1 aliphatic heterocycles. The van der Waals surface area contributed by atoms with Gasteiger partial charge in [0.25, 0.3) is 0 Å². The summed E-state index contributed by atoms with van der Waals surface area (Å²) in [5.41, 5.74) is 12.9. The molecule has 3 aromatic carbocycles. The van der Waals surface area contributed by atoms with Gasteiger partial charge in [0.1, 0.15) is 0 Å². The fourth-order valence-electron chi connectivity index (χ4n) is 5.86. The minimum Gasteiger partial charge on any atom is -0.375 e. The fourth-order valence-corrected chi connectivity index (χ4v) is 5.86. The summed E-state index contributed by atoms with van der Waals surface area (Å²) in [4.78, 5) is 4.87. The average Bonchev–Trinajstić information content (AvgIpc) is 2.94. The van der Waals surface area contributed by atoms with Gasteiger partial charge in [0, 0.05) is 38.6 Å². The van der Waals surface area contributed by atoms with Gasteiger partial charge in [0.2, 0.25) is 0 Å². The van der Waals surface area contributed by atoms with E-state index < -0.39 is 0 Å². The van der Waals surface area contributed by atoms with Gasteiger partial charge in [0.05, 0.1) is 11.7 Å². The van der Waals surface area contributed by atoms with E-state index in [1.807, 2.05) is 12.1 Å². The molecule has 1 N–H and O–H groups in total. The van der Waals surface area contributed by atoms with Crippen molar-refractivity contribution in [2.75, 3.05) is 37.1 Å². The summed E-state index contributed by atoms with van der Waals surface area (Å²) >= 11 is 0. The van der Waals surface area contributed by atoms with Crippen molar-refractivity contribution < 1.29 is 5.21 Å². The monoisotopic (exact) mass is 511 g/mol. The van der Waals surface area contributed by atoms with Gasteiger partial charge in [-0.15, -0.1) is 0 Å². The Morgan fingerprint density at radius 1 is 0.974 bits per heavy atom. The Morgan fingerprint density at radius 2 is 1.66 bits per heavy atom. The summed E-state index contributed by atoms with van der Waals surface area (Å²) in [6, 6.07) is 20.3. The Balaban J connectivity index is 1.69. The Morgan fingerprint density at radius 3 is 2.29 bits per heavy atom. The lowest BCUT2D eigenvalue weighted by Crippen LogP contribution is -2.34. The van der Waals surface area contributed by atoms with Crippen LogP contribution < -0.4 is 9.96 Å². The number of hydrogen-bond acceptors (Lipinski definition) is 4. The van der Waals surface area contributed by atoms with Gasteiger partial charge in [-0.3, -0.25) is 10.3 Å². The van der Waals surface area contributed by atoms with Gasteiger partial charge in [-0.25, -0.2) is 0 Å². The molecule has 0 saturated carbocycles. The molecule has 0 saturated heterocycles. The van der Waals surface area contributed by atoms with Crippen LogP contribution in [0.2, 0.25) is 0 Å². The quantitative estimate of drug-likeness (QED) is 0.284. The summed E-state index contributed by atoms with van der Waals surface area (Å²) in [6.07, 6.45) is 5.18. The van der Waals surface area contributed by atoms with Crippen molar-refractivity contribution in [3.05, 3.63) is 100 Å². The third-order valence-corrected chi connectivity index (χ3v) is 8.37. The van der Waals surface area contributed by atoms with Crippen LogP contribution in [0.15, 0.2) is 61.2 Å². The highest BCUT2D eigenvalue weighted by atomic mass is 16.5. The minimum absolute atomic E-state index is 0.274. The molecule has 1 atom stereocenters. The summed E-state index contributed by atoms with van der Waals surface area (Å²) < 4.78 is 0. The molecule has 3 aromatic rings. The molecule has 0 aromatic heterocycles. The van der Waals surface area contributed by atoms with Crippen LogP contribution in [-0.2, 0) is 25.7 Å². The van der Waals surface area contributed by atoms with Crippen LogP contribution in [0, 0.1) is 6.92 Å². The molecular weight excluding hydrogens is 466 g/mol. The maximum absolute atomic E-state index is 9.75. The maximum Gasteiger partial charge on any atom is 0.0630 e. The van der Waals surface area contributed by atoms with E-state index in [0.717, 1.165) is 61.6 Å². The van der Waals surface area contributed by atoms with E-state index in [-0.39, 0.29) is 6.04 Å². The SMILES string of the molecule is C=C(c1ccc(C)c(N(C)CC)c1)N1CCc2cc(CC)c(CC)cc2C1CCc1ccc(N(C)O)cc1. The molecule has 0 bridgehead atoms. The first-order valence-electron chi connectivity index (χ1n) is 14.2. The van der Waals surface area contributed by atoms with Crippen molar-refractivity contribution in [2.24, 2.45) is 0 Å². The third kappa shape index (κ3) is 5.76. The number of hydroxylamine groups is 1. The van der Waals surface area contributed by atoms with Crippen molar-refractivity contribution in [3.8, 4) is 0 Å². The Labute approximate surface area is 230 Å². The number of rotatable bonds is 10. The lowest BCUT2D eigenvalue weighted by atomic mass is 9.84. The van der Waals surface area contributed by atoms with Crippen molar-refractivity contribution in [3.63, 3.8) is 0 Å². The van der Waals surface area contributed by atoms with Gasteiger partial charge in [0.15, 0.2) is 0 Å². The van der Waals surface area contributed by atoms with Crippen LogP contribution in [0.4, 0.5) is 11.4 Å². The van der Waals surface area contributed by atoms with E-state index in [4.69, 9.17) is 0 Å². The fraction of sp³-hybridized carbons (Fsp3) is 0.412. The number of nitrogens with zero attached hydrogens (tertiary/aromatic N) is 3. The molecule has 1 aliphatic rings.